The number of aliphatic hydroxyl groups is 2. The van der Waals surface area contributed by atoms with Gasteiger partial charge >= 0.3 is 0 Å². The van der Waals surface area contributed by atoms with Gasteiger partial charge in [-0.2, -0.15) is 0 Å². The topological polar surface area (TPSA) is 80.6 Å². The number of nitrogens with zero attached hydrogens (tertiary/aromatic N) is 1. The summed E-state index contributed by atoms with van der Waals surface area (Å²) in [5.41, 5.74) is 0. The Morgan fingerprint density at radius 3 is 1.08 bits per heavy atom. The van der Waals surface area contributed by atoms with Crippen molar-refractivity contribution in [3.8, 4) is 0 Å². The lowest BCUT2D eigenvalue weighted by molar-refractivity contribution is -0.929. The second kappa shape index (κ2) is 16.5. The Balaban J connectivity index is 0. The highest BCUT2D eigenvalue weighted by atomic mass is 31.2. The van der Waals surface area contributed by atoms with Crippen LogP contribution in [0.15, 0.2) is 0 Å². The van der Waals surface area contributed by atoms with Crippen molar-refractivity contribution in [1.82, 2.24) is 0 Å². The van der Waals surface area contributed by atoms with Crippen LogP contribution in [0.2, 0.25) is 0 Å². The van der Waals surface area contributed by atoms with Crippen molar-refractivity contribution in [3.63, 3.8) is 0 Å². The highest BCUT2D eigenvalue weighted by Crippen LogP contribution is 2.30. The molecule has 0 unspecified atom stereocenters. The number of rotatable bonds is 14. The Hall–Kier alpha value is 0.0700. The van der Waals surface area contributed by atoms with E-state index in [-0.39, 0.29) is 0 Å². The van der Waals surface area contributed by atoms with Gasteiger partial charge in [0.2, 0.25) is 0 Å². The molecule has 24 heavy (non-hydrogen) atoms. The van der Waals surface area contributed by atoms with Gasteiger partial charge in [0.15, 0.2) is 0 Å². The molecule has 0 fully saturated rings. The van der Waals surface area contributed by atoms with Gasteiger partial charge in [-0.1, -0.05) is 53.4 Å². The lowest BCUT2D eigenvalue weighted by atomic mass is 10.1. The van der Waals surface area contributed by atoms with Crippen LogP contribution in [0.4, 0.5) is 0 Å². The van der Waals surface area contributed by atoms with Gasteiger partial charge in [-0.3, -0.25) is 0 Å². The van der Waals surface area contributed by atoms with Crippen molar-refractivity contribution in [2.75, 3.05) is 38.9 Å². The normalized spacial score (nSPS) is 12.0. The van der Waals surface area contributed by atoms with E-state index in [0.717, 1.165) is 0 Å². The minimum atomic E-state index is -3.79. The van der Waals surface area contributed by atoms with E-state index in [1.165, 1.54) is 82.0 Å². The first-order valence-electron chi connectivity index (χ1n) is 9.72. The van der Waals surface area contributed by atoms with E-state index in [0.29, 0.717) is 0 Å². The predicted octanol–water partition coefficient (Wildman–Crippen LogP) is 3.53. The van der Waals surface area contributed by atoms with E-state index < -0.39 is 20.1 Å². The van der Waals surface area contributed by atoms with Crippen LogP contribution in [-0.2, 0) is 4.57 Å². The van der Waals surface area contributed by atoms with Gasteiger partial charge in [0.25, 0.3) is 0 Å². The SMILES string of the molecule is CCCC[N+](CCCC)(CCCC)CCCC.O=P([O-])(CO)CO. The quantitative estimate of drug-likeness (QED) is 0.363. The molecule has 2 N–H and O–H groups in total. The zero-order valence-corrected chi connectivity index (χ0v) is 17.4. The third-order valence-electron chi connectivity index (χ3n) is 4.37. The van der Waals surface area contributed by atoms with Crippen LogP contribution in [0.1, 0.15) is 79.1 Å². The standard InChI is InChI=1S/C16H36N.C2H7O4P/c1-5-9-13-17(14-10-6-2,15-11-7-3)16-12-8-4;3-1-7(5,6)2-4/h5-16H2,1-4H3;3-4H,1-2H2,(H,5,6)/q+1;/p-1. The molecule has 0 saturated carbocycles. The van der Waals surface area contributed by atoms with E-state index in [2.05, 4.69) is 27.7 Å². The van der Waals surface area contributed by atoms with E-state index in [1.807, 2.05) is 0 Å². The van der Waals surface area contributed by atoms with Crippen LogP contribution < -0.4 is 4.89 Å². The molecule has 0 atom stereocenters. The highest BCUT2D eigenvalue weighted by molar-refractivity contribution is 7.56. The summed E-state index contributed by atoms with van der Waals surface area (Å²) >= 11 is 0. The lowest BCUT2D eigenvalue weighted by Crippen LogP contribution is -2.50. The van der Waals surface area contributed by atoms with Crippen LogP contribution in [0.3, 0.4) is 0 Å². The summed E-state index contributed by atoms with van der Waals surface area (Å²) in [4.78, 5) is 9.90. The summed E-state index contributed by atoms with van der Waals surface area (Å²) in [6.45, 7) is 15.0. The van der Waals surface area contributed by atoms with Gasteiger partial charge in [-0.05, 0) is 25.7 Å². The molecule has 0 aromatic rings. The van der Waals surface area contributed by atoms with Gasteiger partial charge in [0, 0.05) is 0 Å². The maximum absolute atomic E-state index is 9.90. The van der Waals surface area contributed by atoms with Crippen molar-refractivity contribution in [1.29, 1.82) is 0 Å². The number of hydrogen-bond donors (Lipinski definition) is 2. The van der Waals surface area contributed by atoms with Crippen molar-refractivity contribution in [2.45, 2.75) is 79.1 Å². The van der Waals surface area contributed by atoms with Crippen molar-refractivity contribution in [2.24, 2.45) is 0 Å². The zero-order chi connectivity index (χ0) is 18.9. The largest absolute Gasteiger partial charge is 0.796 e. The van der Waals surface area contributed by atoms with Crippen LogP contribution in [0.5, 0.6) is 0 Å². The monoisotopic (exact) mass is 367 g/mol. The Bertz CT molecular complexity index is 268. The molecule has 5 nitrogen and oxygen atoms in total. The minimum absolute atomic E-state index is 0.955. The molecule has 0 radical (unpaired) electrons. The Labute approximate surface area is 150 Å². The number of quaternary nitrogens is 1. The Morgan fingerprint density at radius 1 is 0.708 bits per heavy atom. The van der Waals surface area contributed by atoms with Crippen LogP contribution in [0, 0.1) is 0 Å². The molecular formula is C18H42NO4P. The zero-order valence-electron chi connectivity index (χ0n) is 16.5. The first-order valence-corrected chi connectivity index (χ1v) is 11.7. The summed E-state index contributed by atoms with van der Waals surface area (Å²) in [5, 5.41) is 15.7. The molecule has 0 aliphatic rings. The fraction of sp³-hybridized carbons (Fsp3) is 1.00. The molecule has 0 rings (SSSR count). The number of hydrogen-bond acceptors (Lipinski definition) is 4. The van der Waals surface area contributed by atoms with E-state index in [1.54, 1.807) is 0 Å². The minimum Gasteiger partial charge on any atom is -0.796 e. The number of aliphatic hydroxyl groups excluding tert-OH is 2. The first kappa shape index (κ1) is 26.3. The van der Waals surface area contributed by atoms with E-state index in [4.69, 9.17) is 10.2 Å². The molecule has 0 aliphatic heterocycles. The van der Waals surface area contributed by atoms with E-state index >= 15 is 0 Å². The molecule has 0 saturated heterocycles. The third-order valence-corrected chi connectivity index (χ3v) is 5.24. The molecule has 6 heteroatoms. The van der Waals surface area contributed by atoms with Gasteiger partial charge in [-0.15, -0.1) is 0 Å². The van der Waals surface area contributed by atoms with Gasteiger partial charge in [-0.25, -0.2) is 0 Å². The maximum atomic E-state index is 9.90. The first-order chi connectivity index (χ1) is 11.4. The van der Waals surface area contributed by atoms with Crippen molar-refractivity contribution < 1.29 is 24.2 Å². The smallest absolute Gasteiger partial charge is 0.0856 e. The number of unbranched alkanes of at least 4 members (excludes halogenated alkanes) is 4. The predicted molar refractivity (Wildman–Crippen MR) is 101 cm³/mol. The summed E-state index contributed by atoms with van der Waals surface area (Å²) in [6.07, 6.45) is 9.15. The second-order valence-electron chi connectivity index (χ2n) is 6.75. The highest BCUT2D eigenvalue weighted by Gasteiger charge is 2.24. The molecule has 0 aromatic heterocycles. The molecular weight excluding hydrogens is 325 g/mol. The fourth-order valence-electron chi connectivity index (χ4n) is 2.69. The molecule has 0 spiro atoms. The van der Waals surface area contributed by atoms with Crippen LogP contribution >= 0.6 is 7.37 Å². The summed E-state index contributed by atoms with van der Waals surface area (Å²) < 4.78 is 11.3. The fourth-order valence-corrected chi connectivity index (χ4v) is 2.78. The van der Waals surface area contributed by atoms with Crippen molar-refractivity contribution in [3.05, 3.63) is 0 Å². The average Bonchev–Trinajstić information content (AvgIpc) is 2.61. The molecule has 0 aliphatic carbocycles. The molecule has 0 heterocycles. The third kappa shape index (κ3) is 14.4. The van der Waals surface area contributed by atoms with Gasteiger partial charge in [0.05, 0.1) is 46.2 Å². The van der Waals surface area contributed by atoms with E-state index in [9.17, 15) is 9.46 Å². The summed E-state index contributed by atoms with van der Waals surface area (Å²) in [5.74, 6) is 0. The summed E-state index contributed by atoms with van der Waals surface area (Å²) in [6, 6.07) is 0. The van der Waals surface area contributed by atoms with Gasteiger partial charge in [0.1, 0.15) is 0 Å². The average molecular weight is 368 g/mol. The Kier molecular flexibility index (Phi) is 18.1. The Morgan fingerprint density at radius 2 is 0.958 bits per heavy atom. The second-order valence-corrected chi connectivity index (χ2v) is 8.94. The summed E-state index contributed by atoms with van der Waals surface area (Å²) in [7, 11) is -3.79. The molecule has 0 bridgehead atoms. The van der Waals surface area contributed by atoms with Crippen LogP contribution in [-0.4, -0.2) is 53.6 Å². The molecule has 148 valence electrons. The van der Waals surface area contributed by atoms with Gasteiger partial charge < -0.3 is 24.2 Å². The van der Waals surface area contributed by atoms with Crippen molar-refractivity contribution >= 4 is 7.37 Å². The maximum Gasteiger partial charge on any atom is 0.0856 e. The van der Waals surface area contributed by atoms with Crippen LogP contribution in [0.25, 0.3) is 0 Å². The lowest BCUT2D eigenvalue weighted by Gasteiger charge is -2.39. The molecule has 0 amide bonds. The molecule has 0 aromatic carbocycles.